The Morgan fingerprint density at radius 3 is 2.65 bits per heavy atom. The lowest BCUT2D eigenvalue weighted by atomic mass is 10.1. The van der Waals surface area contributed by atoms with Gasteiger partial charge < -0.3 is 14.8 Å². The highest BCUT2D eigenvalue weighted by Gasteiger charge is 2.16. The maximum atomic E-state index is 12.3. The molecular weight excluding hydrogens is 354 g/mol. The van der Waals surface area contributed by atoms with E-state index in [0.29, 0.717) is 18.0 Å². The molecule has 0 saturated heterocycles. The quantitative estimate of drug-likeness (QED) is 0.625. The third-order valence-electron chi connectivity index (χ3n) is 3.96. The first-order valence-corrected chi connectivity index (χ1v) is 8.63. The number of hydrogen-bond donors (Lipinski definition) is 2. The maximum absolute atomic E-state index is 12.3. The van der Waals surface area contributed by atoms with Crippen molar-refractivity contribution < 1.29 is 14.7 Å². The minimum Gasteiger partial charge on any atom is -0.481 e. The minimum atomic E-state index is -0.869. The van der Waals surface area contributed by atoms with Gasteiger partial charge in [-0.25, -0.2) is 4.98 Å². The summed E-state index contributed by atoms with van der Waals surface area (Å²) >= 11 is 5.96. The predicted octanol–water partition coefficient (Wildman–Crippen LogP) is 3.18. The normalized spacial score (nSPS) is 10.8. The lowest BCUT2D eigenvalue weighted by molar-refractivity contribution is -0.137. The van der Waals surface area contributed by atoms with E-state index in [-0.39, 0.29) is 18.7 Å². The summed E-state index contributed by atoms with van der Waals surface area (Å²) in [5.41, 5.74) is 3.14. The molecule has 0 unspecified atom stereocenters. The first-order valence-electron chi connectivity index (χ1n) is 8.25. The molecule has 0 radical (unpaired) electrons. The van der Waals surface area contributed by atoms with Gasteiger partial charge in [0.1, 0.15) is 5.65 Å². The van der Waals surface area contributed by atoms with E-state index < -0.39 is 5.97 Å². The summed E-state index contributed by atoms with van der Waals surface area (Å²) in [5.74, 6) is -1.04. The molecule has 0 bridgehead atoms. The van der Waals surface area contributed by atoms with Crippen LogP contribution in [0, 0.1) is 0 Å². The zero-order valence-corrected chi connectivity index (χ0v) is 14.7. The second kappa shape index (κ2) is 8.01. The molecular formula is C19H18ClN3O3. The number of carbonyl (C=O) groups is 2. The van der Waals surface area contributed by atoms with E-state index in [4.69, 9.17) is 16.7 Å². The Morgan fingerprint density at radius 2 is 1.92 bits per heavy atom. The number of nitrogens with one attached hydrogen (secondary N) is 1. The number of aliphatic carboxylic acids is 1. The first kappa shape index (κ1) is 17.9. The lowest BCUT2D eigenvalue weighted by Crippen LogP contribution is -2.27. The molecule has 0 aliphatic heterocycles. The van der Waals surface area contributed by atoms with Crippen molar-refractivity contribution in [1.29, 1.82) is 0 Å². The molecule has 1 aromatic carbocycles. The zero-order valence-electron chi connectivity index (χ0n) is 14.0. The minimum absolute atomic E-state index is 0.0336. The molecule has 0 aliphatic carbocycles. The van der Waals surface area contributed by atoms with Gasteiger partial charge in [0.2, 0.25) is 5.91 Å². The van der Waals surface area contributed by atoms with E-state index >= 15 is 0 Å². The van der Waals surface area contributed by atoms with Gasteiger partial charge in [-0.1, -0.05) is 29.8 Å². The second-order valence-corrected chi connectivity index (χ2v) is 6.30. The number of fused-ring (bicyclic) bond motifs is 1. The summed E-state index contributed by atoms with van der Waals surface area (Å²) in [5, 5.41) is 12.1. The molecule has 0 fully saturated rings. The number of carboxylic acids is 1. The van der Waals surface area contributed by atoms with Gasteiger partial charge in [0.15, 0.2) is 0 Å². The zero-order chi connectivity index (χ0) is 18.5. The third kappa shape index (κ3) is 4.21. The van der Waals surface area contributed by atoms with Crippen LogP contribution in [0.1, 0.15) is 18.5 Å². The van der Waals surface area contributed by atoms with Crippen LogP contribution in [0.3, 0.4) is 0 Å². The van der Waals surface area contributed by atoms with Crippen molar-refractivity contribution in [3.8, 4) is 11.3 Å². The molecule has 6 nitrogen and oxygen atoms in total. The molecule has 1 amide bonds. The van der Waals surface area contributed by atoms with Gasteiger partial charge in [0.05, 0.1) is 17.8 Å². The number of rotatable bonds is 7. The molecule has 2 N–H and O–H groups in total. The number of pyridine rings is 1. The van der Waals surface area contributed by atoms with E-state index in [9.17, 15) is 9.59 Å². The number of nitrogens with zero attached hydrogens (tertiary/aromatic N) is 2. The molecule has 3 rings (SSSR count). The monoisotopic (exact) mass is 371 g/mol. The highest BCUT2D eigenvalue weighted by molar-refractivity contribution is 6.30. The van der Waals surface area contributed by atoms with Crippen molar-refractivity contribution in [2.24, 2.45) is 0 Å². The average molecular weight is 372 g/mol. The summed E-state index contributed by atoms with van der Waals surface area (Å²) in [7, 11) is 0. The summed E-state index contributed by atoms with van der Waals surface area (Å²) < 4.78 is 1.89. The molecule has 2 heterocycles. The summed E-state index contributed by atoms with van der Waals surface area (Å²) in [4.78, 5) is 27.5. The Kier molecular flexibility index (Phi) is 5.53. The van der Waals surface area contributed by atoms with Gasteiger partial charge in [-0.3, -0.25) is 9.59 Å². The van der Waals surface area contributed by atoms with Crippen molar-refractivity contribution in [1.82, 2.24) is 14.7 Å². The van der Waals surface area contributed by atoms with Crippen LogP contribution in [0.15, 0.2) is 48.7 Å². The number of benzene rings is 1. The molecule has 0 atom stereocenters. The summed E-state index contributed by atoms with van der Waals surface area (Å²) in [6.07, 6.45) is 2.45. The molecule has 2 aromatic heterocycles. The predicted molar refractivity (Wildman–Crippen MR) is 99.2 cm³/mol. The van der Waals surface area contributed by atoms with E-state index in [2.05, 4.69) is 10.3 Å². The van der Waals surface area contributed by atoms with Crippen LogP contribution in [-0.2, 0) is 16.0 Å². The van der Waals surface area contributed by atoms with Crippen molar-refractivity contribution >= 4 is 29.1 Å². The Bertz CT molecular complexity index is 935. The van der Waals surface area contributed by atoms with Gasteiger partial charge in [0, 0.05) is 29.7 Å². The molecule has 7 heteroatoms. The highest BCUT2D eigenvalue weighted by atomic mass is 35.5. The van der Waals surface area contributed by atoms with Crippen LogP contribution in [0.2, 0.25) is 5.02 Å². The second-order valence-electron chi connectivity index (χ2n) is 5.87. The van der Waals surface area contributed by atoms with Crippen molar-refractivity contribution in [2.75, 3.05) is 6.54 Å². The number of amides is 1. The van der Waals surface area contributed by atoms with E-state index in [1.54, 1.807) is 12.1 Å². The van der Waals surface area contributed by atoms with Crippen molar-refractivity contribution in [3.05, 3.63) is 59.4 Å². The van der Waals surface area contributed by atoms with Gasteiger partial charge in [0.25, 0.3) is 0 Å². The Hall–Kier alpha value is -2.86. The highest BCUT2D eigenvalue weighted by Crippen LogP contribution is 2.26. The first-order chi connectivity index (χ1) is 12.5. The number of aromatic nitrogens is 2. The van der Waals surface area contributed by atoms with Gasteiger partial charge >= 0.3 is 5.97 Å². The Labute approximate surface area is 155 Å². The lowest BCUT2D eigenvalue weighted by Gasteiger charge is -2.07. The van der Waals surface area contributed by atoms with Crippen LogP contribution < -0.4 is 5.32 Å². The molecule has 134 valence electrons. The smallest absolute Gasteiger partial charge is 0.303 e. The van der Waals surface area contributed by atoms with E-state index in [0.717, 1.165) is 22.6 Å². The number of carboxylic acid groups (broad SMARTS) is 1. The fourth-order valence-corrected chi connectivity index (χ4v) is 2.86. The van der Waals surface area contributed by atoms with Crippen LogP contribution in [0.4, 0.5) is 0 Å². The fourth-order valence-electron chi connectivity index (χ4n) is 2.74. The molecule has 0 saturated carbocycles. The number of carbonyl (C=O) groups excluding carboxylic acids is 1. The number of imidazole rings is 1. The molecule has 0 spiro atoms. The van der Waals surface area contributed by atoms with Gasteiger partial charge in [-0.2, -0.15) is 0 Å². The third-order valence-corrected chi connectivity index (χ3v) is 4.22. The Morgan fingerprint density at radius 1 is 1.15 bits per heavy atom. The topological polar surface area (TPSA) is 83.7 Å². The standard InChI is InChI=1S/C19H18ClN3O3/c20-14-8-6-13(7-9-14)19-15(23-11-2-1-4-16(23)22-19)12-17(24)21-10-3-5-18(25)26/h1-2,4,6-9,11H,3,5,10,12H2,(H,21,24)(H,25,26). The van der Waals surface area contributed by atoms with Crippen LogP contribution >= 0.6 is 11.6 Å². The number of halogens is 1. The maximum Gasteiger partial charge on any atom is 0.303 e. The summed E-state index contributed by atoms with van der Waals surface area (Å²) in [6, 6.07) is 13.0. The molecule has 0 aliphatic rings. The number of hydrogen-bond acceptors (Lipinski definition) is 3. The largest absolute Gasteiger partial charge is 0.481 e. The van der Waals surface area contributed by atoms with Gasteiger partial charge in [-0.05, 0) is 30.7 Å². The van der Waals surface area contributed by atoms with E-state index in [1.807, 2.05) is 40.9 Å². The fraction of sp³-hybridized carbons (Fsp3) is 0.211. The van der Waals surface area contributed by atoms with Crippen LogP contribution in [0.5, 0.6) is 0 Å². The van der Waals surface area contributed by atoms with Crippen LogP contribution in [-0.4, -0.2) is 32.9 Å². The van der Waals surface area contributed by atoms with Crippen molar-refractivity contribution in [2.45, 2.75) is 19.3 Å². The average Bonchev–Trinajstić information content (AvgIpc) is 2.98. The van der Waals surface area contributed by atoms with Gasteiger partial charge in [-0.15, -0.1) is 0 Å². The van der Waals surface area contributed by atoms with E-state index in [1.165, 1.54) is 0 Å². The SMILES string of the molecule is O=C(O)CCCNC(=O)Cc1c(-c2ccc(Cl)cc2)nc2ccccn12. The Balaban J connectivity index is 1.84. The molecule has 3 aromatic rings. The van der Waals surface area contributed by atoms with Crippen molar-refractivity contribution in [3.63, 3.8) is 0 Å². The van der Waals surface area contributed by atoms with Crippen LogP contribution in [0.25, 0.3) is 16.9 Å². The molecule has 26 heavy (non-hydrogen) atoms. The summed E-state index contributed by atoms with van der Waals surface area (Å²) in [6.45, 7) is 0.331.